The van der Waals surface area contributed by atoms with Crippen LogP contribution in [-0.4, -0.2) is 48.4 Å². The fourth-order valence-electron chi connectivity index (χ4n) is 3.70. The lowest BCUT2D eigenvalue weighted by molar-refractivity contribution is 0.311. The second kappa shape index (κ2) is 5.77. The predicted octanol–water partition coefficient (Wildman–Crippen LogP) is 2.99. The molecule has 0 spiro atoms. The molecule has 1 N–H and O–H groups in total. The van der Waals surface area contributed by atoms with Gasteiger partial charge in [0, 0.05) is 49.6 Å². The van der Waals surface area contributed by atoms with Crippen molar-refractivity contribution in [2.75, 3.05) is 43.9 Å². The normalized spacial score (nSPS) is 21.5. The third kappa shape index (κ3) is 2.35. The first-order valence-electron chi connectivity index (χ1n) is 8.46. The molecule has 0 bridgehead atoms. The van der Waals surface area contributed by atoms with Gasteiger partial charge < -0.3 is 14.4 Å². The molecular formula is C18H23FN4S. The second-order valence-electron chi connectivity index (χ2n) is 6.98. The van der Waals surface area contributed by atoms with Gasteiger partial charge in [0.15, 0.2) is 0 Å². The zero-order valence-electron chi connectivity index (χ0n) is 14.4. The first-order chi connectivity index (χ1) is 11.5. The Bertz CT molecular complexity index is 868. The van der Waals surface area contributed by atoms with E-state index in [0.717, 1.165) is 59.0 Å². The minimum Gasteiger partial charge on any atom is -0.366 e. The van der Waals surface area contributed by atoms with Crippen LogP contribution in [0.5, 0.6) is 0 Å². The number of hydrogen-bond donors (Lipinski definition) is 1. The van der Waals surface area contributed by atoms with Gasteiger partial charge >= 0.3 is 0 Å². The van der Waals surface area contributed by atoms with Crippen molar-refractivity contribution in [2.45, 2.75) is 24.8 Å². The van der Waals surface area contributed by atoms with E-state index in [-0.39, 0.29) is 5.82 Å². The van der Waals surface area contributed by atoms with Gasteiger partial charge in [0.25, 0.3) is 0 Å². The van der Waals surface area contributed by atoms with Crippen LogP contribution in [0.3, 0.4) is 0 Å². The minimum atomic E-state index is -0.185. The van der Waals surface area contributed by atoms with Gasteiger partial charge in [0.2, 0.25) is 0 Å². The average molecular weight is 346 g/mol. The summed E-state index contributed by atoms with van der Waals surface area (Å²) in [5.41, 5.74) is 2.67. The van der Waals surface area contributed by atoms with Crippen LogP contribution in [0.2, 0.25) is 0 Å². The van der Waals surface area contributed by atoms with Gasteiger partial charge in [-0.15, -0.1) is 11.8 Å². The van der Waals surface area contributed by atoms with Gasteiger partial charge in [-0.1, -0.05) is 0 Å². The Morgan fingerprint density at radius 2 is 1.96 bits per heavy atom. The fraction of sp³-hybridized carbons (Fsp3) is 0.500. The van der Waals surface area contributed by atoms with Gasteiger partial charge in [0.05, 0.1) is 21.5 Å². The lowest BCUT2D eigenvalue weighted by Gasteiger charge is -2.37. The van der Waals surface area contributed by atoms with E-state index in [2.05, 4.69) is 34.5 Å². The van der Waals surface area contributed by atoms with Crippen LogP contribution in [-0.2, 0) is 0 Å². The van der Waals surface area contributed by atoms with Crippen molar-refractivity contribution in [3.05, 3.63) is 29.0 Å². The van der Waals surface area contributed by atoms with Crippen molar-refractivity contribution in [2.24, 2.45) is 0 Å². The number of nitrogens with one attached hydrogen (secondary N) is 1. The van der Waals surface area contributed by atoms with Crippen LogP contribution in [0.25, 0.3) is 10.9 Å². The fourth-order valence-corrected chi connectivity index (χ4v) is 4.98. The maximum absolute atomic E-state index is 15.1. The molecule has 128 valence electrons. The van der Waals surface area contributed by atoms with E-state index in [0.29, 0.717) is 11.4 Å². The summed E-state index contributed by atoms with van der Waals surface area (Å²) >= 11 is 1.74. The summed E-state index contributed by atoms with van der Waals surface area (Å²) in [5.74, 6) is 0.753. The van der Waals surface area contributed by atoms with Crippen LogP contribution < -0.4 is 10.3 Å². The standard InChI is InChI=1S/C18H23FN4S/c1-11-9-23-12(2)10-24-18-16(23)13(15(11)20)8-14(19)17(18)22-6-4-21(3)5-7-22/h8-9,12,20H,4-7,10H2,1-3H3. The quantitative estimate of drug-likeness (QED) is 0.862. The summed E-state index contributed by atoms with van der Waals surface area (Å²) in [6, 6.07) is 1.94. The predicted molar refractivity (Wildman–Crippen MR) is 97.6 cm³/mol. The van der Waals surface area contributed by atoms with Crippen molar-refractivity contribution < 1.29 is 4.39 Å². The van der Waals surface area contributed by atoms with Crippen LogP contribution in [0, 0.1) is 18.2 Å². The number of thioether (sulfide) groups is 1. The van der Waals surface area contributed by atoms with E-state index >= 15 is 4.39 Å². The molecule has 0 aliphatic carbocycles. The smallest absolute Gasteiger partial charge is 0.148 e. The highest BCUT2D eigenvalue weighted by atomic mass is 32.2. The maximum atomic E-state index is 15.1. The largest absolute Gasteiger partial charge is 0.366 e. The molecule has 1 aromatic heterocycles. The molecule has 1 fully saturated rings. The molecule has 2 aromatic rings. The zero-order valence-corrected chi connectivity index (χ0v) is 15.2. The number of pyridine rings is 1. The lowest BCUT2D eigenvalue weighted by atomic mass is 10.1. The molecule has 1 saturated heterocycles. The van der Waals surface area contributed by atoms with E-state index in [1.807, 2.05) is 6.92 Å². The van der Waals surface area contributed by atoms with Crippen molar-refractivity contribution >= 4 is 28.4 Å². The number of rotatable bonds is 1. The molecule has 24 heavy (non-hydrogen) atoms. The Labute approximate surface area is 145 Å². The highest BCUT2D eigenvalue weighted by Gasteiger charge is 2.28. The third-order valence-corrected chi connectivity index (χ3v) is 6.52. The number of nitrogens with zero attached hydrogens (tertiary/aromatic N) is 3. The molecule has 0 radical (unpaired) electrons. The summed E-state index contributed by atoms with van der Waals surface area (Å²) in [7, 11) is 2.11. The van der Waals surface area contributed by atoms with Crippen molar-refractivity contribution in [3.63, 3.8) is 0 Å². The molecule has 6 heteroatoms. The monoisotopic (exact) mass is 346 g/mol. The SMILES string of the molecule is Cc1cn2c3c(c(N4CCN(C)CC4)c(F)cc3c1=N)SCC2C. The first kappa shape index (κ1) is 16.0. The van der Waals surface area contributed by atoms with E-state index in [4.69, 9.17) is 5.41 Å². The molecule has 0 amide bonds. The number of benzene rings is 1. The van der Waals surface area contributed by atoms with E-state index in [1.54, 1.807) is 17.8 Å². The highest BCUT2D eigenvalue weighted by molar-refractivity contribution is 7.99. The summed E-state index contributed by atoms with van der Waals surface area (Å²) < 4.78 is 17.3. The third-order valence-electron chi connectivity index (χ3n) is 5.20. The Morgan fingerprint density at radius 3 is 2.67 bits per heavy atom. The molecule has 1 atom stereocenters. The Morgan fingerprint density at radius 1 is 1.25 bits per heavy atom. The minimum absolute atomic E-state index is 0.185. The van der Waals surface area contributed by atoms with Gasteiger partial charge in [-0.05, 0) is 32.5 Å². The number of anilines is 1. The van der Waals surface area contributed by atoms with E-state index < -0.39 is 0 Å². The molecule has 0 saturated carbocycles. The van der Waals surface area contributed by atoms with Crippen LogP contribution >= 0.6 is 11.8 Å². The summed E-state index contributed by atoms with van der Waals surface area (Å²) in [4.78, 5) is 5.48. The number of halogens is 1. The van der Waals surface area contributed by atoms with E-state index in [1.165, 1.54) is 0 Å². The molecule has 4 rings (SSSR count). The molecule has 2 aliphatic rings. The number of likely N-dealkylation sites (N-methyl/N-ethyl adjacent to an activating group) is 1. The lowest BCUT2D eigenvalue weighted by Crippen LogP contribution is -2.45. The van der Waals surface area contributed by atoms with E-state index in [9.17, 15) is 0 Å². The highest BCUT2D eigenvalue weighted by Crippen LogP contribution is 2.43. The van der Waals surface area contributed by atoms with Crippen LogP contribution in [0.1, 0.15) is 18.5 Å². The van der Waals surface area contributed by atoms with Crippen LogP contribution in [0.4, 0.5) is 10.1 Å². The summed E-state index contributed by atoms with van der Waals surface area (Å²) in [6.07, 6.45) is 2.06. The molecule has 2 aliphatic heterocycles. The number of aromatic nitrogens is 1. The second-order valence-corrected chi connectivity index (χ2v) is 8.01. The Hall–Kier alpha value is -1.53. The molecular weight excluding hydrogens is 323 g/mol. The summed E-state index contributed by atoms with van der Waals surface area (Å²) in [5, 5.41) is 9.56. The molecule has 4 nitrogen and oxygen atoms in total. The molecule has 1 aromatic carbocycles. The number of hydrogen-bond acceptors (Lipinski definition) is 4. The first-order valence-corrected chi connectivity index (χ1v) is 9.44. The topological polar surface area (TPSA) is 35.3 Å². The van der Waals surface area contributed by atoms with Crippen molar-refractivity contribution in [1.82, 2.24) is 9.47 Å². The Kier molecular flexibility index (Phi) is 3.84. The van der Waals surface area contributed by atoms with Gasteiger partial charge in [0.1, 0.15) is 5.82 Å². The van der Waals surface area contributed by atoms with Gasteiger partial charge in [-0.3, -0.25) is 5.41 Å². The summed E-state index contributed by atoms with van der Waals surface area (Å²) in [6.45, 7) is 7.73. The zero-order chi connectivity index (χ0) is 17.0. The number of piperazine rings is 1. The van der Waals surface area contributed by atoms with Crippen molar-refractivity contribution in [1.29, 1.82) is 5.41 Å². The maximum Gasteiger partial charge on any atom is 0.148 e. The van der Waals surface area contributed by atoms with Gasteiger partial charge in [-0.2, -0.15) is 0 Å². The average Bonchev–Trinajstić information content (AvgIpc) is 2.56. The molecule has 3 heterocycles. The number of aryl methyl sites for hydroxylation is 1. The van der Waals surface area contributed by atoms with Crippen molar-refractivity contribution in [3.8, 4) is 0 Å². The Balaban J connectivity index is 1.99. The van der Waals surface area contributed by atoms with Gasteiger partial charge in [-0.25, -0.2) is 4.39 Å². The molecule has 1 unspecified atom stereocenters. The van der Waals surface area contributed by atoms with Crippen LogP contribution in [0.15, 0.2) is 17.2 Å².